The van der Waals surface area contributed by atoms with Crippen LogP contribution in [0.3, 0.4) is 0 Å². The molecule has 2 aliphatic heterocycles. The maximum absolute atomic E-state index is 11.3. The molecule has 0 amide bonds. The summed E-state index contributed by atoms with van der Waals surface area (Å²) in [6, 6.07) is 2.75. The molecule has 0 spiro atoms. The summed E-state index contributed by atoms with van der Waals surface area (Å²) in [5, 5.41) is 12.7. The summed E-state index contributed by atoms with van der Waals surface area (Å²) in [7, 11) is 0. The van der Waals surface area contributed by atoms with Crippen molar-refractivity contribution in [1.29, 1.82) is 0 Å². The van der Waals surface area contributed by atoms with E-state index in [9.17, 15) is 9.90 Å². The second kappa shape index (κ2) is 5.40. The fourth-order valence-corrected chi connectivity index (χ4v) is 3.47. The summed E-state index contributed by atoms with van der Waals surface area (Å²) in [5.74, 6) is -0.918. The molecule has 0 saturated carbocycles. The third-order valence-corrected chi connectivity index (χ3v) is 4.47. The molecule has 3 rings (SSSR count). The zero-order chi connectivity index (χ0) is 14.1. The zero-order valence-corrected chi connectivity index (χ0v) is 11.8. The third-order valence-electron chi connectivity index (χ3n) is 4.47. The molecule has 20 heavy (non-hydrogen) atoms. The van der Waals surface area contributed by atoms with Gasteiger partial charge in [0.05, 0.1) is 5.69 Å². The van der Waals surface area contributed by atoms with Gasteiger partial charge in [-0.15, -0.1) is 0 Å². The van der Waals surface area contributed by atoms with Gasteiger partial charge < -0.3 is 10.4 Å². The van der Waals surface area contributed by atoms with Crippen LogP contribution in [0.5, 0.6) is 0 Å². The van der Waals surface area contributed by atoms with Gasteiger partial charge in [0.25, 0.3) is 0 Å². The average Bonchev–Trinajstić information content (AvgIpc) is 2.82. The SMILES string of the molecule is Cc1cc(NC2CCN3CCCCC23)c(C(=O)O)cn1. The monoisotopic (exact) mass is 275 g/mol. The number of piperidine rings is 1. The van der Waals surface area contributed by atoms with Crippen molar-refractivity contribution in [2.24, 2.45) is 0 Å². The van der Waals surface area contributed by atoms with Gasteiger partial charge in [-0.05, 0) is 38.8 Å². The lowest BCUT2D eigenvalue weighted by atomic mass is 9.98. The van der Waals surface area contributed by atoms with Crippen LogP contribution in [0.25, 0.3) is 0 Å². The molecule has 3 heterocycles. The molecule has 1 aromatic rings. The van der Waals surface area contributed by atoms with Gasteiger partial charge in [0, 0.05) is 30.5 Å². The highest BCUT2D eigenvalue weighted by Gasteiger charge is 2.35. The van der Waals surface area contributed by atoms with E-state index in [1.165, 1.54) is 32.0 Å². The van der Waals surface area contributed by atoms with E-state index in [2.05, 4.69) is 15.2 Å². The summed E-state index contributed by atoms with van der Waals surface area (Å²) in [4.78, 5) is 17.9. The van der Waals surface area contributed by atoms with Crippen molar-refractivity contribution in [1.82, 2.24) is 9.88 Å². The molecule has 2 fully saturated rings. The summed E-state index contributed by atoms with van der Waals surface area (Å²) in [5.41, 5.74) is 1.82. The first kappa shape index (κ1) is 13.4. The molecule has 2 saturated heterocycles. The smallest absolute Gasteiger partial charge is 0.339 e. The van der Waals surface area contributed by atoms with Crippen molar-refractivity contribution in [2.45, 2.75) is 44.7 Å². The van der Waals surface area contributed by atoms with Gasteiger partial charge in [-0.1, -0.05) is 6.42 Å². The molecule has 2 N–H and O–H groups in total. The Morgan fingerprint density at radius 3 is 3.05 bits per heavy atom. The van der Waals surface area contributed by atoms with Crippen molar-refractivity contribution >= 4 is 11.7 Å². The molecule has 0 aliphatic carbocycles. The van der Waals surface area contributed by atoms with Gasteiger partial charge in [-0.25, -0.2) is 4.79 Å². The lowest BCUT2D eigenvalue weighted by molar-refractivity contribution is 0.0697. The van der Waals surface area contributed by atoms with Gasteiger partial charge in [-0.2, -0.15) is 0 Å². The van der Waals surface area contributed by atoms with Gasteiger partial charge in [0.15, 0.2) is 0 Å². The Balaban J connectivity index is 1.80. The number of aromatic nitrogens is 1. The van der Waals surface area contributed by atoms with Crippen LogP contribution >= 0.6 is 0 Å². The third kappa shape index (κ3) is 2.50. The van der Waals surface area contributed by atoms with E-state index in [0.717, 1.165) is 18.7 Å². The van der Waals surface area contributed by atoms with Crippen molar-refractivity contribution in [3.05, 3.63) is 23.5 Å². The second-order valence-corrected chi connectivity index (χ2v) is 5.82. The number of fused-ring (bicyclic) bond motifs is 1. The standard InChI is InChI=1S/C15H21N3O2/c1-10-8-13(11(9-16-10)15(19)20)17-12-5-7-18-6-3-2-4-14(12)18/h8-9,12,14H,2-7H2,1H3,(H,16,17)(H,19,20). The predicted octanol–water partition coefficient (Wildman–Crippen LogP) is 2.13. The molecular formula is C15H21N3O2. The number of pyridine rings is 1. The van der Waals surface area contributed by atoms with Crippen LogP contribution in [0.1, 0.15) is 41.7 Å². The Kier molecular flexibility index (Phi) is 3.61. The summed E-state index contributed by atoms with van der Waals surface area (Å²) < 4.78 is 0. The van der Waals surface area contributed by atoms with Gasteiger partial charge in [0.1, 0.15) is 5.56 Å². The lowest BCUT2D eigenvalue weighted by Gasteiger charge is -2.33. The molecule has 2 unspecified atom stereocenters. The molecule has 0 bridgehead atoms. The maximum Gasteiger partial charge on any atom is 0.339 e. The Labute approximate surface area is 119 Å². The Hall–Kier alpha value is -1.62. The lowest BCUT2D eigenvalue weighted by Crippen LogP contribution is -2.41. The van der Waals surface area contributed by atoms with E-state index < -0.39 is 5.97 Å². The van der Waals surface area contributed by atoms with Crippen molar-refractivity contribution in [2.75, 3.05) is 18.4 Å². The van der Waals surface area contributed by atoms with E-state index in [1.807, 2.05) is 13.0 Å². The summed E-state index contributed by atoms with van der Waals surface area (Å²) in [6.07, 6.45) is 6.32. The van der Waals surface area contributed by atoms with E-state index in [1.54, 1.807) is 0 Å². The average molecular weight is 275 g/mol. The van der Waals surface area contributed by atoms with Gasteiger partial charge >= 0.3 is 5.97 Å². The predicted molar refractivity (Wildman–Crippen MR) is 77.2 cm³/mol. The van der Waals surface area contributed by atoms with Crippen LogP contribution in [0.2, 0.25) is 0 Å². The first-order valence-electron chi connectivity index (χ1n) is 7.35. The number of hydrogen-bond donors (Lipinski definition) is 2. The first-order chi connectivity index (χ1) is 9.65. The largest absolute Gasteiger partial charge is 0.478 e. The van der Waals surface area contributed by atoms with E-state index in [0.29, 0.717) is 17.8 Å². The van der Waals surface area contributed by atoms with Crippen LogP contribution in [-0.2, 0) is 0 Å². The number of carboxylic acids is 1. The number of aromatic carboxylic acids is 1. The number of aryl methyl sites for hydroxylation is 1. The summed E-state index contributed by atoms with van der Waals surface area (Å²) >= 11 is 0. The van der Waals surface area contributed by atoms with E-state index in [-0.39, 0.29) is 5.56 Å². The van der Waals surface area contributed by atoms with Crippen LogP contribution in [0.4, 0.5) is 5.69 Å². The quantitative estimate of drug-likeness (QED) is 0.884. The van der Waals surface area contributed by atoms with Crippen LogP contribution in [0, 0.1) is 6.92 Å². The molecule has 108 valence electrons. The zero-order valence-electron chi connectivity index (χ0n) is 11.8. The molecular weight excluding hydrogens is 254 g/mol. The van der Waals surface area contributed by atoms with Crippen LogP contribution < -0.4 is 5.32 Å². The van der Waals surface area contributed by atoms with Crippen molar-refractivity contribution in [3.8, 4) is 0 Å². The van der Waals surface area contributed by atoms with E-state index in [4.69, 9.17) is 0 Å². The molecule has 2 aliphatic rings. The highest BCUT2D eigenvalue weighted by atomic mass is 16.4. The van der Waals surface area contributed by atoms with Crippen molar-refractivity contribution in [3.63, 3.8) is 0 Å². The minimum Gasteiger partial charge on any atom is -0.478 e. The number of hydrogen-bond acceptors (Lipinski definition) is 4. The second-order valence-electron chi connectivity index (χ2n) is 5.82. The molecule has 0 aromatic carbocycles. The van der Waals surface area contributed by atoms with Gasteiger partial charge in [0.2, 0.25) is 0 Å². The number of nitrogens with one attached hydrogen (secondary N) is 1. The molecule has 5 heteroatoms. The minimum absolute atomic E-state index is 0.268. The number of anilines is 1. The van der Waals surface area contributed by atoms with Crippen molar-refractivity contribution < 1.29 is 9.90 Å². The summed E-state index contributed by atoms with van der Waals surface area (Å²) in [6.45, 7) is 4.19. The number of nitrogens with zero attached hydrogens (tertiary/aromatic N) is 2. The topological polar surface area (TPSA) is 65.5 Å². The fourth-order valence-electron chi connectivity index (χ4n) is 3.47. The number of rotatable bonds is 3. The fraction of sp³-hybridized carbons (Fsp3) is 0.600. The Morgan fingerprint density at radius 1 is 1.40 bits per heavy atom. The molecule has 2 atom stereocenters. The number of carbonyl (C=O) groups is 1. The normalized spacial score (nSPS) is 26.2. The Morgan fingerprint density at radius 2 is 2.25 bits per heavy atom. The maximum atomic E-state index is 11.3. The van der Waals surface area contributed by atoms with Crippen LogP contribution in [0.15, 0.2) is 12.3 Å². The Bertz CT molecular complexity index is 518. The minimum atomic E-state index is -0.918. The highest BCUT2D eigenvalue weighted by molar-refractivity contribution is 5.93. The van der Waals surface area contributed by atoms with Gasteiger partial charge in [-0.3, -0.25) is 9.88 Å². The highest BCUT2D eigenvalue weighted by Crippen LogP contribution is 2.30. The number of carboxylic acid groups (broad SMARTS) is 1. The molecule has 1 aromatic heterocycles. The molecule has 5 nitrogen and oxygen atoms in total. The molecule has 0 radical (unpaired) electrons. The van der Waals surface area contributed by atoms with E-state index >= 15 is 0 Å². The first-order valence-corrected chi connectivity index (χ1v) is 7.35. The van der Waals surface area contributed by atoms with Crippen LogP contribution in [-0.4, -0.2) is 46.1 Å².